The molecule has 4 rings (SSSR count). The van der Waals surface area contributed by atoms with Crippen molar-refractivity contribution in [3.63, 3.8) is 0 Å². The Morgan fingerprint density at radius 2 is 1.82 bits per heavy atom. The second-order valence-electron chi connectivity index (χ2n) is 5.99. The monoisotopic (exact) mass is 393 g/mol. The van der Waals surface area contributed by atoms with E-state index in [-0.39, 0.29) is 11.3 Å². The van der Waals surface area contributed by atoms with E-state index in [4.69, 9.17) is 4.74 Å². The Labute approximate surface area is 164 Å². The van der Waals surface area contributed by atoms with Crippen molar-refractivity contribution in [1.29, 1.82) is 0 Å². The number of carbonyl (C=O) groups excluding carboxylic acids is 2. The minimum absolute atomic E-state index is 0.0107. The third-order valence-electron chi connectivity index (χ3n) is 4.46. The Balaban J connectivity index is 1.92. The number of aromatic nitrogens is 2. The molecule has 1 aromatic carbocycles. The number of Topliss-reactive ketones (excluding diaryl/α,β-unsaturated/α-hetero) is 1. The molecule has 3 heterocycles. The molecule has 1 aliphatic rings. The fourth-order valence-electron chi connectivity index (χ4n) is 3.13. The number of aliphatic hydroxyl groups excluding tert-OH is 1. The summed E-state index contributed by atoms with van der Waals surface area (Å²) in [6.45, 7) is 0. The van der Waals surface area contributed by atoms with E-state index < -0.39 is 17.7 Å². The summed E-state index contributed by atoms with van der Waals surface area (Å²) in [6, 6.07) is 9.36. The molecule has 0 bridgehead atoms. The molecule has 8 heteroatoms. The molecule has 3 aromatic rings. The number of benzene rings is 1. The normalized spacial score (nSPS) is 18.5. The van der Waals surface area contributed by atoms with Gasteiger partial charge in [-0.05, 0) is 29.8 Å². The average Bonchev–Trinajstić information content (AvgIpc) is 3.35. The van der Waals surface area contributed by atoms with Gasteiger partial charge in [-0.2, -0.15) is 0 Å². The fraction of sp³-hybridized carbons (Fsp3) is 0.100. The second-order valence-corrected chi connectivity index (χ2v) is 6.87. The van der Waals surface area contributed by atoms with Crippen molar-refractivity contribution in [3.8, 4) is 5.75 Å². The smallest absolute Gasteiger partial charge is 0.301 e. The van der Waals surface area contributed by atoms with Gasteiger partial charge < -0.3 is 9.84 Å². The molecule has 1 unspecified atom stereocenters. The number of hydrogen-bond donors (Lipinski definition) is 1. The molecule has 140 valence electrons. The van der Waals surface area contributed by atoms with Crippen molar-refractivity contribution in [2.75, 3.05) is 12.0 Å². The quantitative estimate of drug-likeness (QED) is 0.416. The van der Waals surface area contributed by atoms with Crippen LogP contribution in [0.5, 0.6) is 5.75 Å². The van der Waals surface area contributed by atoms with E-state index in [0.717, 1.165) is 0 Å². The Hall–Kier alpha value is -3.52. The van der Waals surface area contributed by atoms with Crippen LogP contribution in [0.2, 0.25) is 0 Å². The Morgan fingerprint density at radius 1 is 1.11 bits per heavy atom. The van der Waals surface area contributed by atoms with Crippen LogP contribution in [-0.2, 0) is 9.59 Å². The van der Waals surface area contributed by atoms with E-state index in [1.807, 2.05) is 0 Å². The van der Waals surface area contributed by atoms with Crippen molar-refractivity contribution < 1.29 is 19.4 Å². The Kier molecular flexibility index (Phi) is 4.62. The number of ketones is 1. The first-order chi connectivity index (χ1) is 13.6. The summed E-state index contributed by atoms with van der Waals surface area (Å²) in [7, 11) is 1.56. The molecular weight excluding hydrogens is 378 g/mol. The summed E-state index contributed by atoms with van der Waals surface area (Å²) in [4.78, 5) is 35.1. The summed E-state index contributed by atoms with van der Waals surface area (Å²) in [5.41, 5.74) is 1.08. The van der Waals surface area contributed by atoms with Crippen LogP contribution in [0.25, 0.3) is 5.76 Å². The number of aliphatic hydroxyl groups is 1. The van der Waals surface area contributed by atoms with E-state index >= 15 is 0 Å². The Morgan fingerprint density at radius 3 is 2.43 bits per heavy atom. The first kappa shape index (κ1) is 17.9. The highest BCUT2D eigenvalue weighted by molar-refractivity contribution is 7.14. The van der Waals surface area contributed by atoms with Gasteiger partial charge in [0.25, 0.3) is 5.78 Å². The first-order valence-corrected chi connectivity index (χ1v) is 9.24. The third kappa shape index (κ3) is 2.93. The maximum atomic E-state index is 12.9. The number of hydrogen-bond acceptors (Lipinski definition) is 7. The van der Waals surface area contributed by atoms with E-state index in [1.54, 1.807) is 55.1 Å². The second kappa shape index (κ2) is 7.24. The lowest BCUT2D eigenvalue weighted by Crippen LogP contribution is -2.29. The van der Waals surface area contributed by atoms with Crippen LogP contribution >= 0.6 is 11.3 Å². The van der Waals surface area contributed by atoms with E-state index in [2.05, 4.69) is 9.97 Å². The number of thiazole rings is 1. The predicted molar refractivity (Wildman–Crippen MR) is 104 cm³/mol. The van der Waals surface area contributed by atoms with E-state index in [9.17, 15) is 14.7 Å². The van der Waals surface area contributed by atoms with Gasteiger partial charge in [-0.1, -0.05) is 12.1 Å². The molecule has 1 N–H and O–H groups in total. The average molecular weight is 393 g/mol. The van der Waals surface area contributed by atoms with Gasteiger partial charge in [0.05, 0.1) is 18.7 Å². The summed E-state index contributed by atoms with van der Waals surface area (Å²) < 4.78 is 5.19. The van der Waals surface area contributed by atoms with Gasteiger partial charge in [0.1, 0.15) is 11.5 Å². The molecule has 0 spiro atoms. The number of ether oxygens (including phenoxy) is 1. The lowest BCUT2D eigenvalue weighted by molar-refractivity contribution is -0.132. The molecular formula is C20H15N3O4S. The number of nitrogens with zero attached hydrogens (tertiary/aromatic N) is 3. The fourth-order valence-corrected chi connectivity index (χ4v) is 3.80. The van der Waals surface area contributed by atoms with Gasteiger partial charge in [-0.15, -0.1) is 11.3 Å². The molecule has 0 saturated carbocycles. The van der Waals surface area contributed by atoms with Gasteiger partial charge in [-0.3, -0.25) is 19.5 Å². The zero-order valence-electron chi connectivity index (χ0n) is 14.8. The van der Waals surface area contributed by atoms with Gasteiger partial charge in [0, 0.05) is 29.5 Å². The molecule has 1 saturated heterocycles. The largest absolute Gasteiger partial charge is 0.507 e. The zero-order valence-corrected chi connectivity index (χ0v) is 15.6. The molecule has 1 atom stereocenters. The number of pyridine rings is 1. The van der Waals surface area contributed by atoms with Gasteiger partial charge >= 0.3 is 5.91 Å². The van der Waals surface area contributed by atoms with Crippen molar-refractivity contribution in [2.45, 2.75) is 6.04 Å². The minimum Gasteiger partial charge on any atom is -0.507 e. The summed E-state index contributed by atoms with van der Waals surface area (Å²) >= 11 is 1.24. The highest BCUT2D eigenvalue weighted by Crippen LogP contribution is 2.42. The van der Waals surface area contributed by atoms with Gasteiger partial charge in [-0.25, -0.2) is 4.98 Å². The van der Waals surface area contributed by atoms with Gasteiger partial charge in [0.2, 0.25) is 0 Å². The summed E-state index contributed by atoms with van der Waals surface area (Å²) in [6.07, 6.45) is 4.58. The van der Waals surface area contributed by atoms with Crippen LogP contribution < -0.4 is 9.64 Å². The number of anilines is 1. The van der Waals surface area contributed by atoms with E-state index in [0.29, 0.717) is 22.0 Å². The van der Waals surface area contributed by atoms with Crippen LogP contribution in [-0.4, -0.2) is 33.9 Å². The van der Waals surface area contributed by atoms with Crippen molar-refractivity contribution in [3.05, 3.63) is 77.1 Å². The van der Waals surface area contributed by atoms with Crippen molar-refractivity contribution in [2.24, 2.45) is 0 Å². The molecule has 1 fully saturated rings. The molecule has 0 radical (unpaired) electrons. The zero-order chi connectivity index (χ0) is 19.7. The highest BCUT2D eigenvalue weighted by atomic mass is 32.1. The SMILES string of the molecule is COc1ccc(C2/C(=C(\O)c3ccncc3)C(=O)C(=O)N2c2nccs2)cc1. The van der Waals surface area contributed by atoms with Crippen molar-refractivity contribution in [1.82, 2.24) is 9.97 Å². The number of methoxy groups -OCH3 is 1. The first-order valence-electron chi connectivity index (χ1n) is 8.36. The highest BCUT2D eigenvalue weighted by Gasteiger charge is 2.47. The lowest BCUT2D eigenvalue weighted by Gasteiger charge is -2.23. The molecule has 1 aliphatic heterocycles. The topological polar surface area (TPSA) is 92.6 Å². The molecule has 7 nitrogen and oxygen atoms in total. The standard InChI is InChI=1S/C20H15N3O4S/c1-27-14-4-2-12(3-5-14)16-15(17(24)13-6-8-21-9-7-13)18(25)19(26)23(16)20-22-10-11-28-20/h2-11,16,24H,1H3/b17-15+. The van der Waals surface area contributed by atoms with Gasteiger partial charge in [0.15, 0.2) is 5.13 Å². The van der Waals surface area contributed by atoms with Crippen LogP contribution in [0.4, 0.5) is 5.13 Å². The van der Waals surface area contributed by atoms with Crippen LogP contribution in [0.3, 0.4) is 0 Å². The lowest BCUT2D eigenvalue weighted by atomic mass is 9.95. The molecule has 1 amide bonds. The summed E-state index contributed by atoms with van der Waals surface area (Å²) in [5, 5.41) is 13.0. The third-order valence-corrected chi connectivity index (χ3v) is 5.23. The number of amides is 1. The molecule has 28 heavy (non-hydrogen) atoms. The van der Waals surface area contributed by atoms with E-state index in [1.165, 1.54) is 28.6 Å². The van der Waals surface area contributed by atoms with Crippen LogP contribution in [0, 0.1) is 0 Å². The maximum Gasteiger partial charge on any atom is 0.301 e. The predicted octanol–water partition coefficient (Wildman–Crippen LogP) is 3.17. The van der Waals surface area contributed by atoms with Crippen LogP contribution in [0.1, 0.15) is 17.2 Å². The molecule has 2 aromatic heterocycles. The van der Waals surface area contributed by atoms with Crippen LogP contribution in [0.15, 0.2) is 65.9 Å². The molecule has 0 aliphatic carbocycles. The Bertz CT molecular complexity index is 1050. The van der Waals surface area contributed by atoms with Crippen molar-refractivity contribution >= 4 is 33.9 Å². The number of rotatable bonds is 4. The number of carbonyl (C=O) groups is 2. The summed E-state index contributed by atoms with van der Waals surface area (Å²) in [5.74, 6) is -1.10. The maximum absolute atomic E-state index is 12.9. The minimum atomic E-state index is -0.801.